The standard InChI is InChI=1S/C10H8F12N2O2/c11-7(12,13)5(25,8(14,15)16)4-2-1-3-23-24(4)6(26,9(17,18)19)10(20,21)22/h3-4,25-26H,1-2H2/t4-/m0/s1. The molecule has 16 heteroatoms. The van der Waals surface area contributed by atoms with Gasteiger partial charge in [0.15, 0.2) is 0 Å². The Hall–Kier alpha value is -1.45. The number of rotatable bonds is 2. The van der Waals surface area contributed by atoms with E-state index in [9.17, 15) is 52.7 Å². The van der Waals surface area contributed by atoms with Crippen LogP contribution in [0, 0.1) is 0 Å². The second-order valence-corrected chi connectivity index (χ2v) is 5.17. The maximum Gasteiger partial charge on any atom is 0.447 e. The van der Waals surface area contributed by atoms with Gasteiger partial charge in [0.1, 0.15) is 0 Å². The first-order valence-electron chi connectivity index (χ1n) is 6.26. The molecule has 0 aromatic carbocycles. The average molecular weight is 416 g/mol. The molecule has 0 bridgehead atoms. The Labute approximate surface area is 135 Å². The van der Waals surface area contributed by atoms with Crippen LogP contribution in [-0.4, -0.2) is 63.5 Å². The third-order valence-corrected chi connectivity index (χ3v) is 3.54. The Morgan fingerprint density at radius 1 is 0.731 bits per heavy atom. The molecule has 0 saturated heterocycles. The van der Waals surface area contributed by atoms with Gasteiger partial charge in [-0.3, -0.25) is 0 Å². The normalized spacial score (nSPS) is 21.3. The molecule has 1 atom stereocenters. The first-order chi connectivity index (χ1) is 11.2. The molecule has 26 heavy (non-hydrogen) atoms. The van der Waals surface area contributed by atoms with Crippen molar-refractivity contribution in [3.8, 4) is 0 Å². The zero-order valence-corrected chi connectivity index (χ0v) is 11.9. The first-order valence-corrected chi connectivity index (χ1v) is 6.26. The van der Waals surface area contributed by atoms with Crippen LogP contribution in [0.15, 0.2) is 5.10 Å². The SMILES string of the molecule is OC([C@@H]1CCC=NN1C(O)(C(F)(F)F)C(F)(F)F)(C(F)(F)F)C(F)(F)F. The molecule has 1 heterocycles. The van der Waals surface area contributed by atoms with Crippen molar-refractivity contribution in [2.24, 2.45) is 5.10 Å². The van der Waals surface area contributed by atoms with Gasteiger partial charge in [-0.25, -0.2) is 5.01 Å². The van der Waals surface area contributed by atoms with Crippen molar-refractivity contribution in [1.29, 1.82) is 0 Å². The molecule has 2 N–H and O–H groups in total. The Morgan fingerprint density at radius 3 is 1.42 bits per heavy atom. The summed E-state index contributed by atoms with van der Waals surface area (Å²) in [6.45, 7) is 0. The fraction of sp³-hybridized carbons (Fsp3) is 0.900. The van der Waals surface area contributed by atoms with E-state index in [4.69, 9.17) is 10.2 Å². The quantitative estimate of drug-likeness (QED) is 0.681. The number of alkyl halides is 12. The molecule has 0 saturated carbocycles. The molecule has 0 aromatic rings. The molecule has 0 amide bonds. The lowest BCUT2D eigenvalue weighted by Crippen LogP contribution is -2.76. The zero-order valence-electron chi connectivity index (χ0n) is 11.9. The average Bonchev–Trinajstić information content (AvgIpc) is 2.40. The summed E-state index contributed by atoms with van der Waals surface area (Å²) in [4.78, 5) is 0. The molecule has 1 aliphatic heterocycles. The Morgan fingerprint density at radius 2 is 1.12 bits per heavy atom. The van der Waals surface area contributed by atoms with Crippen molar-refractivity contribution >= 4 is 6.21 Å². The lowest BCUT2D eigenvalue weighted by molar-refractivity contribution is -0.446. The number of halogens is 12. The minimum absolute atomic E-state index is 0.145. The minimum atomic E-state index is -6.81. The van der Waals surface area contributed by atoms with Crippen LogP contribution in [0.1, 0.15) is 12.8 Å². The molecule has 4 nitrogen and oxygen atoms in total. The van der Waals surface area contributed by atoms with E-state index in [0.717, 1.165) is 0 Å². The first kappa shape index (κ1) is 22.6. The highest BCUT2D eigenvalue weighted by molar-refractivity contribution is 5.58. The number of nitrogens with zero attached hydrogens (tertiary/aromatic N) is 2. The second-order valence-electron chi connectivity index (χ2n) is 5.17. The summed E-state index contributed by atoms with van der Waals surface area (Å²) in [7, 11) is 0. The monoisotopic (exact) mass is 416 g/mol. The van der Waals surface area contributed by atoms with Crippen molar-refractivity contribution in [3.05, 3.63) is 0 Å². The van der Waals surface area contributed by atoms with E-state index in [1.807, 2.05) is 0 Å². The van der Waals surface area contributed by atoms with Gasteiger partial charge in [0.05, 0.1) is 6.04 Å². The highest BCUT2D eigenvalue weighted by atomic mass is 19.4. The van der Waals surface area contributed by atoms with E-state index >= 15 is 0 Å². The van der Waals surface area contributed by atoms with Crippen molar-refractivity contribution < 1.29 is 62.9 Å². The highest BCUT2D eigenvalue weighted by Crippen LogP contribution is 2.53. The van der Waals surface area contributed by atoms with Crippen LogP contribution < -0.4 is 0 Å². The van der Waals surface area contributed by atoms with Gasteiger partial charge >= 0.3 is 30.4 Å². The van der Waals surface area contributed by atoms with Gasteiger partial charge in [0, 0.05) is 6.21 Å². The summed E-state index contributed by atoms with van der Waals surface area (Å²) in [6, 6.07) is -3.97. The minimum Gasteiger partial charge on any atom is -0.372 e. The summed E-state index contributed by atoms with van der Waals surface area (Å²) in [5.41, 5.74) is -12.3. The lowest BCUT2D eigenvalue weighted by atomic mass is 9.86. The van der Waals surface area contributed by atoms with E-state index in [2.05, 4.69) is 5.10 Å². The molecule has 154 valence electrons. The van der Waals surface area contributed by atoms with Gasteiger partial charge in [-0.05, 0) is 12.8 Å². The molecule has 0 aromatic heterocycles. The van der Waals surface area contributed by atoms with Gasteiger partial charge in [-0.1, -0.05) is 0 Å². The second kappa shape index (κ2) is 6.03. The predicted molar refractivity (Wildman–Crippen MR) is 57.5 cm³/mol. The number of hydrogen-bond donors (Lipinski definition) is 2. The van der Waals surface area contributed by atoms with E-state index < -0.39 is 59.9 Å². The van der Waals surface area contributed by atoms with Crippen LogP contribution in [0.2, 0.25) is 0 Å². The summed E-state index contributed by atoms with van der Waals surface area (Å²) >= 11 is 0. The molecule has 0 unspecified atom stereocenters. The third kappa shape index (κ3) is 3.16. The Bertz CT molecular complexity index is 518. The van der Waals surface area contributed by atoms with Crippen LogP contribution in [0.3, 0.4) is 0 Å². The highest BCUT2D eigenvalue weighted by Gasteiger charge is 2.81. The molecular weight excluding hydrogens is 408 g/mol. The van der Waals surface area contributed by atoms with Gasteiger partial charge in [0.2, 0.25) is 0 Å². The Balaban J connectivity index is 3.74. The smallest absolute Gasteiger partial charge is 0.372 e. The molecule has 0 radical (unpaired) electrons. The number of aliphatic hydroxyl groups is 2. The summed E-state index contributed by atoms with van der Waals surface area (Å²) in [5.74, 6) is 0. The Kier molecular flexibility index (Phi) is 5.24. The molecule has 1 rings (SSSR count). The molecule has 0 aliphatic carbocycles. The maximum absolute atomic E-state index is 12.8. The van der Waals surface area contributed by atoms with Gasteiger partial charge < -0.3 is 10.2 Å². The maximum atomic E-state index is 12.8. The van der Waals surface area contributed by atoms with Gasteiger partial charge in [-0.15, -0.1) is 0 Å². The van der Waals surface area contributed by atoms with Gasteiger partial charge in [-0.2, -0.15) is 57.8 Å². The molecular formula is C10H8F12N2O2. The zero-order chi connectivity index (χ0) is 21.0. The number of hydrogen-bond acceptors (Lipinski definition) is 4. The van der Waals surface area contributed by atoms with Crippen LogP contribution in [0.4, 0.5) is 52.7 Å². The molecule has 0 spiro atoms. The van der Waals surface area contributed by atoms with Crippen molar-refractivity contribution in [2.75, 3.05) is 0 Å². The summed E-state index contributed by atoms with van der Waals surface area (Å²) in [6.07, 6.45) is -29.5. The van der Waals surface area contributed by atoms with Crippen molar-refractivity contribution in [3.63, 3.8) is 0 Å². The van der Waals surface area contributed by atoms with Crippen molar-refractivity contribution in [2.45, 2.75) is 54.9 Å². The van der Waals surface area contributed by atoms with Crippen LogP contribution in [0.25, 0.3) is 0 Å². The third-order valence-electron chi connectivity index (χ3n) is 3.54. The summed E-state index contributed by atoms with van der Waals surface area (Å²) in [5, 5.41) is 18.7. The predicted octanol–water partition coefficient (Wildman–Crippen LogP) is 3.11. The molecule has 0 fully saturated rings. The van der Waals surface area contributed by atoms with E-state index in [0.29, 0.717) is 0 Å². The largest absolute Gasteiger partial charge is 0.447 e. The van der Waals surface area contributed by atoms with Crippen molar-refractivity contribution in [1.82, 2.24) is 5.01 Å². The van der Waals surface area contributed by atoms with E-state index in [-0.39, 0.29) is 6.21 Å². The van der Waals surface area contributed by atoms with E-state index in [1.54, 1.807) is 0 Å². The van der Waals surface area contributed by atoms with Crippen LogP contribution in [-0.2, 0) is 0 Å². The number of hydrazone groups is 1. The topological polar surface area (TPSA) is 56.1 Å². The molecule has 1 aliphatic rings. The lowest BCUT2D eigenvalue weighted by Gasteiger charge is -2.49. The van der Waals surface area contributed by atoms with E-state index in [1.165, 1.54) is 0 Å². The fourth-order valence-electron chi connectivity index (χ4n) is 2.23. The van der Waals surface area contributed by atoms with Gasteiger partial charge in [0.25, 0.3) is 5.60 Å². The summed E-state index contributed by atoms with van der Waals surface area (Å²) < 4.78 is 154. The van der Waals surface area contributed by atoms with Crippen LogP contribution in [0.5, 0.6) is 0 Å². The van der Waals surface area contributed by atoms with Crippen LogP contribution >= 0.6 is 0 Å². The fourth-order valence-corrected chi connectivity index (χ4v) is 2.23.